The van der Waals surface area contributed by atoms with Crippen LogP contribution >= 0.6 is 0 Å². The number of ether oxygens (including phenoxy) is 2. The molecule has 0 spiro atoms. The molecule has 0 atom stereocenters. The smallest absolute Gasteiger partial charge is 0.331 e. The molecule has 1 aliphatic rings. The fraction of sp³-hybridized carbons (Fsp3) is 0.423. The maximum absolute atomic E-state index is 11.4. The van der Waals surface area contributed by atoms with Crippen LogP contribution in [-0.4, -0.2) is 31.3 Å². The quantitative estimate of drug-likeness (QED) is 0.518. The lowest BCUT2D eigenvalue weighted by Crippen LogP contribution is -2.22. The third-order valence-corrected chi connectivity index (χ3v) is 6.19. The molecular formula is C26H33NO4. The minimum absolute atomic E-state index is 0.244. The first kappa shape index (κ1) is 22.7. The van der Waals surface area contributed by atoms with Crippen LogP contribution in [0.5, 0.6) is 11.5 Å². The van der Waals surface area contributed by atoms with E-state index in [0.29, 0.717) is 11.8 Å². The molecule has 0 radical (unpaired) electrons. The van der Waals surface area contributed by atoms with Crippen LogP contribution in [0.25, 0.3) is 17.2 Å². The number of rotatable bonds is 7. The molecule has 2 aromatic carbocycles. The van der Waals surface area contributed by atoms with Crippen molar-refractivity contribution in [3.63, 3.8) is 0 Å². The van der Waals surface area contributed by atoms with Gasteiger partial charge in [-0.25, -0.2) is 4.79 Å². The summed E-state index contributed by atoms with van der Waals surface area (Å²) in [7, 11) is 3.26. The normalized spacial score (nSPS) is 14.9. The summed E-state index contributed by atoms with van der Waals surface area (Å²) in [5.74, 6) is 0.442. The predicted octanol–water partition coefficient (Wildman–Crippen LogP) is 6.22. The van der Waals surface area contributed by atoms with E-state index in [-0.39, 0.29) is 5.57 Å². The summed E-state index contributed by atoms with van der Waals surface area (Å²) in [4.78, 5) is 11.4. The average molecular weight is 424 g/mol. The lowest BCUT2D eigenvalue weighted by Gasteiger charge is -2.24. The van der Waals surface area contributed by atoms with E-state index >= 15 is 0 Å². The topological polar surface area (TPSA) is 67.8 Å². The van der Waals surface area contributed by atoms with Crippen LogP contribution in [-0.2, 0) is 4.79 Å². The third-order valence-electron chi connectivity index (χ3n) is 6.19. The van der Waals surface area contributed by atoms with Gasteiger partial charge < -0.3 is 19.9 Å². The number of methoxy groups -OCH3 is 2. The Kier molecular flexibility index (Phi) is 7.26. The minimum Gasteiger partial charge on any atom is -0.496 e. The van der Waals surface area contributed by atoms with Crippen molar-refractivity contribution < 1.29 is 19.4 Å². The van der Waals surface area contributed by atoms with Crippen LogP contribution in [0.3, 0.4) is 0 Å². The molecule has 5 nitrogen and oxygen atoms in total. The van der Waals surface area contributed by atoms with Gasteiger partial charge in [-0.3, -0.25) is 0 Å². The standard InChI is InChI=1S/C26H33NO4/c1-16(26(28)29)15-22-17(2)25(31-5)23(18(3)24(22)30-4)19-11-13-21(14-12-19)27-20-9-7-6-8-10-20/h11-15,20,27H,6-10H2,1-5H3,(H,28,29)/b16-15+. The lowest BCUT2D eigenvalue weighted by molar-refractivity contribution is -0.132. The molecule has 1 saturated carbocycles. The highest BCUT2D eigenvalue weighted by Gasteiger charge is 2.22. The van der Waals surface area contributed by atoms with Crippen LogP contribution < -0.4 is 14.8 Å². The van der Waals surface area contributed by atoms with Crippen molar-refractivity contribution in [3.8, 4) is 22.6 Å². The molecule has 5 heteroatoms. The minimum atomic E-state index is -0.955. The number of nitrogens with one attached hydrogen (secondary N) is 1. The first-order chi connectivity index (χ1) is 14.9. The number of carbonyl (C=O) groups is 1. The van der Waals surface area contributed by atoms with Crippen molar-refractivity contribution in [2.24, 2.45) is 0 Å². The van der Waals surface area contributed by atoms with Gasteiger partial charge in [0.25, 0.3) is 0 Å². The second-order valence-corrected chi connectivity index (χ2v) is 8.29. The SMILES string of the molecule is COc1c(C)c(-c2ccc(NC3CCCCC3)cc2)c(OC)c(C)c1/C=C(\C)C(=O)O. The van der Waals surface area contributed by atoms with Crippen molar-refractivity contribution in [1.82, 2.24) is 0 Å². The van der Waals surface area contributed by atoms with E-state index in [0.717, 1.165) is 39.3 Å². The molecule has 0 aliphatic heterocycles. The van der Waals surface area contributed by atoms with Crippen LogP contribution in [0, 0.1) is 13.8 Å². The van der Waals surface area contributed by atoms with E-state index in [2.05, 4.69) is 29.6 Å². The zero-order valence-corrected chi connectivity index (χ0v) is 19.2. The highest BCUT2D eigenvalue weighted by atomic mass is 16.5. The second-order valence-electron chi connectivity index (χ2n) is 8.29. The molecule has 0 saturated heterocycles. The molecule has 3 rings (SSSR count). The van der Waals surface area contributed by atoms with Crippen molar-refractivity contribution in [3.05, 3.63) is 46.5 Å². The monoisotopic (exact) mass is 423 g/mol. The summed E-state index contributed by atoms with van der Waals surface area (Å²) >= 11 is 0. The summed E-state index contributed by atoms with van der Waals surface area (Å²) in [6, 6.07) is 9.00. The molecule has 1 fully saturated rings. The van der Waals surface area contributed by atoms with Crippen molar-refractivity contribution >= 4 is 17.7 Å². The zero-order chi connectivity index (χ0) is 22.5. The Balaban J connectivity index is 2.03. The number of benzene rings is 2. The van der Waals surface area contributed by atoms with Gasteiger partial charge in [-0.05, 0) is 57.4 Å². The van der Waals surface area contributed by atoms with Gasteiger partial charge in [0.15, 0.2) is 0 Å². The number of carboxylic acid groups (broad SMARTS) is 1. The summed E-state index contributed by atoms with van der Waals surface area (Å²) in [6.07, 6.45) is 8.05. The zero-order valence-electron chi connectivity index (χ0n) is 19.2. The molecular weight excluding hydrogens is 390 g/mol. The van der Waals surface area contributed by atoms with Gasteiger partial charge in [0.05, 0.1) is 14.2 Å². The van der Waals surface area contributed by atoms with Gasteiger partial charge in [0.2, 0.25) is 0 Å². The number of carboxylic acids is 1. The fourth-order valence-corrected chi connectivity index (χ4v) is 4.50. The Labute approximate surface area is 185 Å². The summed E-state index contributed by atoms with van der Waals surface area (Å²) in [5, 5.41) is 13.0. The van der Waals surface area contributed by atoms with Crippen molar-refractivity contribution in [2.45, 2.75) is 58.9 Å². The Bertz CT molecular complexity index is 970. The van der Waals surface area contributed by atoms with Gasteiger partial charge in [-0.2, -0.15) is 0 Å². The fourth-order valence-electron chi connectivity index (χ4n) is 4.50. The van der Waals surface area contributed by atoms with E-state index in [1.54, 1.807) is 27.2 Å². The average Bonchev–Trinajstić information content (AvgIpc) is 2.77. The molecule has 31 heavy (non-hydrogen) atoms. The highest BCUT2D eigenvalue weighted by molar-refractivity contribution is 5.93. The Morgan fingerprint density at radius 1 is 1.00 bits per heavy atom. The molecule has 166 valence electrons. The van der Waals surface area contributed by atoms with E-state index in [1.165, 1.54) is 32.1 Å². The molecule has 0 amide bonds. The van der Waals surface area contributed by atoms with E-state index in [1.807, 2.05) is 13.8 Å². The van der Waals surface area contributed by atoms with Gasteiger partial charge in [-0.15, -0.1) is 0 Å². The molecule has 0 aromatic heterocycles. The van der Waals surface area contributed by atoms with Gasteiger partial charge >= 0.3 is 5.97 Å². The first-order valence-electron chi connectivity index (χ1n) is 10.9. The number of hydrogen-bond donors (Lipinski definition) is 2. The molecule has 1 aliphatic carbocycles. The van der Waals surface area contributed by atoms with Crippen LogP contribution in [0.4, 0.5) is 5.69 Å². The van der Waals surface area contributed by atoms with Crippen molar-refractivity contribution in [1.29, 1.82) is 0 Å². The molecule has 0 unspecified atom stereocenters. The maximum Gasteiger partial charge on any atom is 0.331 e. The Morgan fingerprint density at radius 3 is 2.16 bits per heavy atom. The van der Waals surface area contributed by atoms with Gasteiger partial charge in [0, 0.05) is 39.6 Å². The van der Waals surface area contributed by atoms with Crippen molar-refractivity contribution in [2.75, 3.05) is 19.5 Å². The lowest BCUT2D eigenvalue weighted by atomic mass is 9.91. The number of anilines is 1. The van der Waals surface area contributed by atoms with Gasteiger partial charge in [-0.1, -0.05) is 31.4 Å². The summed E-state index contributed by atoms with van der Waals surface area (Å²) < 4.78 is 11.5. The molecule has 2 aromatic rings. The molecule has 0 bridgehead atoms. The second kappa shape index (κ2) is 9.90. The van der Waals surface area contributed by atoms with Crippen LogP contribution in [0.15, 0.2) is 29.8 Å². The maximum atomic E-state index is 11.4. The predicted molar refractivity (Wildman–Crippen MR) is 126 cm³/mol. The largest absolute Gasteiger partial charge is 0.496 e. The molecule has 2 N–H and O–H groups in total. The van der Waals surface area contributed by atoms with E-state index < -0.39 is 5.97 Å². The Morgan fingerprint density at radius 2 is 1.61 bits per heavy atom. The Hall–Kier alpha value is -2.95. The van der Waals surface area contributed by atoms with E-state index in [9.17, 15) is 9.90 Å². The van der Waals surface area contributed by atoms with Crippen LogP contribution in [0.1, 0.15) is 55.7 Å². The summed E-state index contributed by atoms with van der Waals surface area (Å²) in [5.41, 5.74) is 5.88. The van der Waals surface area contributed by atoms with Crippen LogP contribution in [0.2, 0.25) is 0 Å². The summed E-state index contributed by atoms with van der Waals surface area (Å²) in [6.45, 7) is 5.50. The third kappa shape index (κ3) is 4.87. The van der Waals surface area contributed by atoms with E-state index in [4.69, 9.17) is 9.47 Å². The van der Waals surface area contributed by atoms with Gasteiger partial charge in [0.1, 0.15) is 11.5 Å². The number of hydrogen-bond acceptors (Lipinski definition) is 4. The highest BCUT2D eigenvalue weighted by Crippen LogP contribution is 2.44. The molecule has 0 heterocycles. The first-order valence-corrected chi connectivity index (χ1v) is 10.9. The number of aliphatic carboxylic acids is 1.